The number of hydrogen-bond acceptors (Lipinski definition) is 3. The van der Waals surface area contributed by atoms with Gasteiger partial charge in [-0.25, -0.2) is 5.48 Å². The number of hydrogen-bond donors (Lipinski definition) is 1. The Balaban J connectivity index is 3.08. The third kappa shape index (κ3) is 7.50. The quantitative estimate of drug-likeness (QED) is 0.461. The predicted molar refractivity (Wildman–Crippen MR) is 45.5 cm³/mol. The summed E-state index contributed by atoms with van der Waals surface area (Å²) >= 11 is 0. The van der Waals surface area contributed by atoms with Crippen molar-refractivity contribution in [2.75, 3.05) is 20.3 Å². The highest BCUT2D eigenvalue weighted by Gasteiger charge is 1.98. The summed E-state index contributed by atoms with van der Waals surface area (Å²) in [6.45, 7) is 2.93. The molecule has 0 bridgehead atoms. The van der Waals surface area contributed by atoms with Crippen LogP contribution in [-0.4, -0.2) is 26.2 Å². The molecule has 0 spiro atoms. The summed E-state index contributed by atoms with van der Waals surface area (Å²) in [5.74, 6) is -0.0621. The third-order valence-corrected chi connectivity index (χ3v) is 1.33. The maximum Gasteiger partial charge on any atom is 0.243 e. The van der Waals surface area contributed by atoms with Crippen molar-refractivity contribution in [3.05, 3.63) is 0 Å². The monoisotopic (exact) mass is 175 g/mol. The summed E-state index contributed by atoms with van der Waals surface area (Å²) in [6, 6.07) is 0. The van der Waals surface area contributed by atoms with E-state index >= 15 is 0 Å². The van der Waals surface area contributed by atoms with Crippen LogP contribution in [0, 0.1) is 0 Å². The lowest BCUT2D eigenvalue weighted by molar-refractivity contribution is -0.134. The second-order valence-electron chi connectivity index (χ2n) is 2.47. The Morgan fingerprint density at radius 2 is 2.17 bits per heavy atom. The number of unbranched alkanes of at least 4 members (excludes halogenated alkanes) is 1. The fourth-order valence-electron chi connectivity index (χ4n) is 0.645. The second-order valence-corrected chi connectivity index (χ2v) is 2.47. The molecule has 0 aliphatic rings. The van der Waals surface area contributed by atoms with E-state index in [9.17, 15) is 4.79 Å². The Hall–Kier alpha value is -0.610. The van der Waals surface area contributed by atoms with Gasteiger partial charge in [-0.2, -0.15) is 0 Å². The molecule has 0 aromatic heterocycles. The number of rotatable bonds is 7. The van der Waals surface area contributed by atoms with Gasteiger partial charge in [0.25, 0.3) is 0 Å². The third-order valence-electron chi connectivity index (χ3n) is 1.33. The Morgan fingerprint density at radius 1 is 1.42 bits per heavy atom. The van der Waals surface area contributed by atoms with Crippen molar-refractivity contribution < 1.29 is 14.4 Å². The number of carbonyl (C=O) groups is 1. The van der Waals surface area contributed by atoms with Crippen molar-refractivity contribution in [1.29, 1.82) is 0 Å². The molecule has 0 radical (unpaired) electrons. The highest BCUT2D eigenvalue weighted by Crippen LogP contribution is 1.92. The van der Waals surface area contributed by atoms with Gasteiger partial charge in [-0.3, -0.25) is 9.63 Å². The van der Waals surface area contributed by atoms with E-state index < -0.39 is 0 Å². The van der Waals surface area contributed by atoms with E-state index in [0.717, 1.165) is 12.8 Å². The maximum absolute atomic E-state index is 10.9. The SMILES string of the molecule is CCCCC(=O)NOCCOC. The standard InChI is InChI=1S/C8H17NO3/c1-3-4-5-8(10)9-12-7-6-11-2/h3-7H2,1-2H3,(H,9,10). The van der Waals surface area contributed by atoms with Gasteiger partial charge in [0, 0.05) is 13.5 Å². The first kappa shape index (κ1) is 11.4. The summed E-state index contributed by atoms with van der Waals surface area (Å²) in [7, 11) is 1.59. The van der Waals surface area contributed by atoms with Crippen LogP contribution in [-0.2, 0) is 14.4 Å². The molecular weight excluding hydrogens is 158 g/mol. The fraction of sp³-hybridized carbons (Fsp3) is 0.875. The highest BCUT2D eigenvalue weighted by atomic mass is 16.7. The minimum Gasteiger partial charge on any atom is -0.382 e. The van der Waals surface area contributed by atoms with Crippen LogP contribution >= 0.6 is 0 Å². The van der Waals surface area contributed by atoms with Crippen LogP contribution in [0.25, 0.3) is 0 Å². The number of hydroxylamine groups is 1. The number of methoxy groups -OCH3 is 1. The molecule has 0 aliphatic heterocycles. The minimum absolute atomic E-state index is 0.0621. The van der Waals surface area contributed by atoms with Gasteiger partial charge in [0.1, 0.15) is 0 Å². The second kappa shape index (κ2) is 8.49. The van der Waals surface area contributed by atoms with E-state index in [1.807, 2.05) is 6.92 Å². The summed E-state index contributed by atoms with van der Waals surface area (Å²) in [4.78, 5) is 15.7. The van der Waals surface area contributed by atoms with Crippen LogP contribution in [0.4, 0.5) is 0 Å². The van der Waals surface area contributed by atoms with E-state index in [4.69, 9.17) is 9.57 Å². The van der Waals surface area contributed by atoms with Crippen LogP contribution in [0.3, 0.4) is 0 Å². The van der Waals surface area contributed by atoms with Crippen molar-refractivity contribution in [2.45, 2.75) is 26.2 Å². The molecule has 0 saturated heterocycles. The molecule has 12 heavy (non-hydrogen) atoms. The molecule has 4 heteroatoms. The molecule has 0 rings (SSSR count). The summed E-state index contributed by atoms with van der Waals surface area (Å²) < 4.78 is 4.73. The zero-order valence-electron chi connectivity index (χ0n) is 7.76. The van der Waals surface area contributed by atoms with Crippen LogP contribution in [0.15, 0.2) is 0 Å². The van der Waals surface area contributed by atoms with E-state index in [1.54, 1.807) is 7.11 Å². The molecule has 1 amide bonds. The Bertz CT molecular complexity index is 117. The molecule has 0 saturated carbocycles. The lowest BCUT2D eigenvalue weighted by Crippen LogP contribution is -2.24. The zero-order chi connectivity index (χ0) is 9.23. The fourth-order valence-corrected chi connectivity index (χ4v) is 0.645. The molecule has 0 heterocycles. The van der Waals surface area contributed by atoms with Crippen molar-refractivity contribution in [3.63, 3.8) is 0 Å². The van der Waals surface area contributed by atoms with E-state index in [-0.39, 0.29) is 5.91 Å². The maximum atomic E-state index is 10.9. The molecule has 0 fully saturated rings. The van der Waals surface area contributed by atoms with Gasteiger partial charge in [-0.15, -0.1) is 0 Å². The van der Waals surface area contributed by atoms with Crippen LogP contribution < -0.4 is 5.48 Å². The normalized spacial score (nSPS) is 9.83. The number of amides is 1. The van der Waals surface area contributed by atoms with E-state index in [1.165, 1.54) is 0 Å². The molecule has 0 aromatic carbocycles. The molecule has 0 aliphatic carbocycles. The lowest BCUT2D eigenvalue weighted by Gasteiger charge is -2.03. The van der Waals surface area contributed by atoms with Crippen LogP contribution in [0.1, 0.15) is 26.2 Å². The largest absolute Gasteiger partial charge is 0.382 e. The predicted octanol–water partition coefficient (Wildman–Crippen LogP) is 0.871. The Labute approximate surface area is 73.2 Å². The average molecular weight is 175 g/mol. The van der Waals surface area contributed by atoms with Gasteiger partial charge in [-0.05, 0) is 6.42 Å². The summed E-state index contributed by atoms with van der Waals surface area (Å²) in [5.41, 5.74) is 2.33. The molecule has 0 atom stereocenters. The molecule has 0 aromatic rings. The van der Waals surface area contributed by atoms with Crippen molar-refractivity contribution in [2.24, 2.45) is 0 Å². The smallest absolute Gasteiger partial charge is 0.243 e. The van der Waals surface area contributed by atoms with Gasteiger partial charge < -0.3 is 4.74 Å². The average Bonchev–Trinajstić information content (AvgIpc) is 2.09. The van der Waals surface area contributed by atoms with Crippen LogP contribution in [0.5, 0.6) is 0 Å². The van der Waals surface area contributed by atoms with Crippen molar-refractivity contribution in [1.82, 2.24) is 5.48 Å². The molecular formula is C8H17NO3. The van der Waals surface area contributed by atoms with Crippen LogP contribution in [0.2, 0.25) is 0 Å². The van der Waals surface area contributed by atoms with Gasteiger partial charge >= 0.3 is 0 Å². The van der Waals surface area contributed by atoms with Gasteiger partial charge in [0.2, 0.25) is 5.91 Å². The van der Waals surface area contributed by atoms with Gasteiger partial charge in [-0.1, -0.05) is 13.3 Å². The van der Waals surface area contributed by atoms with Gasteiger partial charge in [0.15, 0.2) is 0 Å². The van der Waals surface area contributed by atoms with Crippen molar-refractivity contribution in [3.8, 4) is 0 Å². The lowest BCUT2D eigenvalue weighted by atomic mass is 10.2. The number of carbonyl (C=O) groups excluding carboxylic acids is 1. The highest BCUT2D eigenvalue weighted by molar-refractivity contribution is 5.74. The van der Waals surface area contributed by atoms with Gasteiger partial charge in [0.05, 0.1) is 13.2 Å². The van der Waals surface area contributed by atoms with E-state index in [2.05, 4.69) is 5.48 Å². The first-order valence-electron chi connectivity index (χ1n) is 4.20. The Kier molecular flexibility index (Phi) is 8.05. The molecule has 4 nitrogen and oxygen atoms in total. The Morgan fingerprint density at radius 3 is 2.75 bits per heavy atom. The number of ether oxygens (including phenoxy) is 1. The van der Waals surface area contributed by atoms with Crippen molar-refractivity contribution >= 4 is 5.91 Å². The summed E-state index contributed by atoms with van der Waals surface area (Å²) in [5, 5.41) is 0. The first-order chi connectivity index (χ1) is 5.81. The molecule has 0 unspecified atom stereocenters. The number of nitrogens with one attached hydrogen (secondary N) is 1. The molecule has 1 N–H and O–H groups in total. The first-order valence-corrected chi connectivity index (χ1v) is 4.20. The zero-order valence-corrected chi connectivity index (χ0v) is 7.76. The summed E-state index contributed by atoms with van der Waals surface area (Å²) in [6.07, 6.45) is 2.45. The minimum atomic E-state index is -0.0621. The van der Waals surface area contributed by atoms with E-state index in [0.29, 0.717) is 19.6 Å². The topological polar surface area (TPSA) is 47.6 Å². The molecule has 72 valence electrons.